The summed E-state index contributed by atoms with van der Waals surface area (Å²) in [6, 6.07) is 0.0458. The van der Waals surface area contributed by atoms with Crippen molar-refractivity contribution in [3.8, 4) is 12.3 Å². The number of terminal acetylenes is 1. The SMILES string of the molecule is C#CCC(CC)NC(=O)c1csc(C)n1. The van der Waals surface area contributed by atoms with E-state index in [1.807, 2.05) is 13.8 Å². The summed E-state index contributed by atoms with van der Waals surface area (Å²) in [5.41, 5.74) is 0.480. The molecule has 0 spiro atoms. The van der Waals surface area contributed by atoms with Gasteiger partial charge in [-0.15, -0.1) is 23.7 Å². The third kappa shape index (κ3) is 3.37. The Morgan fingerprint density at radius 3 is 3.00 bits per heavy atom. The monoisotopic (exact) mass is 222 g/mol. The number of thiazole rings is 1. The van der Waals surface area contributed by atoms with Gasteiger partial charge in [0.2, 0.25) is 0 Å². The molecule has 0 saturated heterocycles. The first-order chi connectivity index (χ1) is 7.17. The van der Waals surface area contributed by atoms with Crippen LogP contribution in [0.25, 0.3) is 0 Å². The highest BCUT2D eigenvalue weighted by Crippen LogP contribution is 2.08. The van der Waals surface area contributed by atoms with E-state index in [1.165, 1.54) is 11.3 Å². The van der Waals surface area contributed by atoms with Gasteiger partial charge >= 0.3 is 0 Å². The number of nitrogens with one attached hydrogen (secondary N) is 1. The van der Waals surface area contributed by atoms with Gasteiger partial charge in [0.25, 0.3) is 5.91 Å². The van der Waals surface area contributed by atoms with Crippen molar-refractivity contribution in [3.05, 3.63) is 16.1 Å². The van der Waals surface area contributed by atoms with Crippen LogP contribution in [0.4, 0.5) is 0 Å². The van der Waals surface area contributed by atoms with Gasteiger partial charge in [0.05, 0.1) is 5.01 Å². The summed E-state index contributed by atoms with van der Waals surface area (Å²) in [7, 11) is 0. The molecule has 0 aliphatic rings. The Hall–Kier alpha value is -1.34. The molecule has 0 fully saturated rings. The van der Waals surface area contributed by atoms with Gasteiger partial charge in [-0.2, -0.15) is 0 Å². The molecule has 1 rings (SSSR count). The molecule has 1 unspecified atom stereocenters. The maximum atomic E-state index is 11.7. The van der Waals surface area contributed by atoms with E-state index in [-0.39, 0.29) is 11.9 Å². The highest BCUT2D eigenvalue weighted by Gasteiger charge is 2.13. The summed E-state index contributed by atoms with van der Waals surface area (Å²) in [5, 5.41) is 5.51. The summed E-state index contributed by atoms with van der Waals surface area (Å²) in [4.78, 5) is 15.8. The number of carbonyl (C=O) groups excluding carboxylic acids is 1. The topological polar surface area (TPSA) is 42.0 Å². The fourth-order valence-corrected chi connectivity index (χ4v) is 1.76. The number of amides is 1. The molecule has 0 bridgehead atoms. The molecule has 1 aromatic heterocycles. The van der Waals surface area contributed by atoms with Crippen molar-refractivity contribution < 1.29 is 4.79 Å². The Morgan fingerprint density at radius 1 is 1.80 bits per heavy atom. The minimum Gasteiger partial charge on any atom is -0.347 e. The summed E-state index contributed by atoms with van der Waals surface area (Å²) in [6.45, 7) is 3.87. The third-order valence-electron chi connectivity index (χ3n) is 2.04. The second-order valence-electron chi connectivity index (χ2n) is 3.24. The van der Waals surface area contributed by atoms with Crippen LogP contribution in [0, 0.1) is 19.3 Å². The highest BCUT2D eigenvalue weighted by atomic mass is 32.1. The lowest BCUT2D eigenvalue weighted by Crippen LogP contribution is -2.34. The van der Waals surface area contributed by atoms with Crippen LogP contribution in [-0.4, -0.2) is 16.9 Å². The van der Waals surface area contributed by atoms with Crippen molar-refractivity contribution in [2.75, 3.05) is 0 Å². The lowest BCUT2D eigenvalue weighted by molar-refractivity contribution is 0.0932. The molecule has 0 saturated carbocycles. The molecule has 0 aliphatic carbocycles. The maximum Gasteiger partial charge on any atom is 0.271 e. The molecule has 0 aliphatic heterocycles. The number of rotatable bonds is 4. The van der Waals surface area contributed by atoms with E-state index in [4.69, 9.17) is 6.42 Å². The Morgan fingerprint density at radius 2 is 2.53 bits per heavy atom. The molecule has 1 atom stereocenters. The largest absolute Gasteiger partial charge is 0.347 e. The number of hydrogen-bond acceptors (Lipinski definition) is 3. The molecule has 4 heteroatoms. The first kappa shape index (κ1) is 11.7. The molecule has 1 amide bonds. The van der Waals surface area contributed by atoms with Gasteiger partial charge in [-0.3, -0.25) is 4.79 Å². The summed E-state index contributed by atoms with van der Waals surface area (Å²) >= 11 is 1.47. The minimum absolute atomic E-state index is 0.0458. The van der Waals surface area contributed by atoms with Crippen LogP contribution >= 0.6 is 11.3 Å². The first-order valence-corrected chi connectivity index (χ1v) is 5.71. The van der Waals surface area contributed by atoms with E-state index in [1.54, 1.807) is 5.38 Å². The molecule has 15 heavy (non-hydrogen) atoms. The van der Waals surface area contributed by atoms with E-state index in [2.05, 4.69) is 16.2 Å². The van der Waals surface area contributed by atoms with Crippen LogP contribution < -0.4 is 5.32 Å². The van der Waals surface area contributed by atoms with E-state index >= 15 is 0 Å². The molecule has 1 aromatic rings. The van der Waals surface area contributed by atoms with Crippen molar-refractivity contribution >= 4 is 17.2 Å². The molecule has 1 heterocycles. The average Bonchev–Trinajstić information content (AvgIpc) is 2.64. The van der Waals surface area contributed by atoms with Gasteiger partial charge in [-0.1, -0.05) is 6.92 Å². The summed E-state index contributed by atoms with van der Waals surface area (Å²) in [6.07, 6.45) is 6.60. The Balaban J connectivity index is 2.59. The zero-order chi connectivity index (χ0) is 11.3. The van der Waals surface area contributed by atoms with Gasteiger partial charge in [0.1, 0.15) is 5.69 Å². The van der Waals surface area contributed by atoms with Crippen LogP contribution in [0.3, 0.4) is 0 Å². The normalized spacial score (nSPS) is 11.8. The van der Waals surface area contributed by atoms with Crippen molar-refractivity contribution in [2.45, 2.75) is 32.7 Å². The van der Waals surface area contributed by atoms with E-state index in [0.717, 1.165) is 11.4 Å². The summed E-state index contributed by atoms with van der Waals surface area (Å²) < 4.78 is 0. The molecule has 3 nitrogen and oxygen atoms in total. The first-order valence-electron chi connectivity index (χ1n) is 4.83. The summed E-state index contributed by atoms with van der Waals surface area (Å²) in [5.74, 6) is 2.41. The van der Waals surface area contributed by atoms with Crippen molar-refractivity contribution in [2.24, 2.45) is 0 Å². The Labute approximate surface area is 93.9 Å². The zero-order valence-corrected chi connectivity index (χ0v) is 9.73. The van der Waals surface area contributed by atoms with E-state index in [9.17, 15) is 4.79 Å². The lowest BCUT2D eigenvalue weighted by Gasteiger charge is -2.12. The predicted octanol–water partition coefficient (Wildman–Crippen LogP) is 1.98. The van der Waals surface area contributed by atoms with Gasteiger partial charge < -0.3 is 5.32 Å². The predicted molar refractivity (Wildman–Crippen MR) is 61.8 cm³/mol. The zero-order valence-electron chi connectivity index (χ0n) is 8.91. The van der Waals surface area contributed by atoms with Crippen LogP contribution in [-0.2, 0) is 0 Å². The molecule has 0 radical (unpaired) electrons. The van der Waals surface area contributed by atoms with Crippen LogP contribution in [0.1, 0.15) is 35.3 Å². The van der Waals surface area contributed by atoms with Crippen LogP contribution in [0.2, 0.25) is 0 Å². The number of carbonyl (C=O) groups is 1. The number of aryl methyl sites for hydroxylation is 1. The number of nitrogens with zero attached hydrogens (tertiary/aromatic N) is 1. The van der Waals surface area contributed by atoms with Crippen LogP contribution in [0.15, 0.2) is 5.38 Å². The lowest BCUT2D eigenvalue weighted by atomic mass is 10.1. The van der Waals surface area contributed by atoms with Gasteiger partial charge in [0.15, 0.2) is 0 Å². The quantitative estimate of drug-likeness (QED) is 0.791. The fraction of sp³-hybridized carbons (Fsp3) is 0.455. The number of aromatic nitrogens is 1. The molecular weight excluding hydrogens is 208 g/mol. The maximum absolute atomic E-state index is 11.7. The van der Waals surface area contributed by atoms with E-state index < -0.39 is 0 Å². The van der Waals surface area contributed by atoms with E-state index in [0.29, 0.717) is 12.1 Å². The standard InChI is InChI=1S/C11H14N2OS/c1-4-6-9(5-2)13-11(14)10-7-15-8(3)12-10/h1,7,9H,5-6H2,2-3H3,(H,13,14). The van der Waals surface area contributed by atoms with Gasteiger partial charge in [-0.25, -0.2) is 4.98 Å². The second kappa shape index (κ2) is 5.52. The smallest absolute Gasteiger partial charge is 0.271 e. The third-order valence-corrected chi connectivity index (χ3v) is 2.82. The van der Waals surface area contributed by atoms with Crippen molar-refractivity contribution in [1.82, 2.24) is 10.3 Å². The van der Waals surface area contributed by atoms with Crippen molar-refractivity contribution in [1.29, 1.82) is 0 Å². The Kier molecular flexibility index (Phi) is 4.32. The molecular formula is C11H14N2OS. The van der Waals surface area contributed by atoms with Gasteiger partial charge in [-0.05, 0) is 13.3 Å². The van der Waals surface area contributed by atoms with Gasteiger partial charge in [0, 0.05) is 17.8 Å². The second-order valence-corrected chi connectivity index (χ2v) is 4.30. The average molecular weight is 222 g/mol. The molecule has 0 aromatic carbocycles. The number of hydrogen-bond donors (Lipinski definition) is 1. The fourth-order valence-electron chi connectivity index (χ4n) is 1.17. The molecule has 80 valence electrons. The molecule has 1 N–H and O–H groups in total. The Bertz CT molecular complexity index is 378. The minimum atomic E-state index is -0.138. The van der Waals surface area contributed by atoms with Crippen molar-refractivity contribution in [3.63, 3.8) is 0 Å². The highest BCUT2D eigenvalue weighted by molar-refractivity contribution is 7.09. The van der Waals surface area contributed by atoms with Crippen LogP contribution in [0.5, 0.6) is 0 Å².